The molecule has 0 aliphatic carbocycles. The molecule has 3 amide bonds. The lowest BCUT2D eigenvalue weighted by Gasteiger charge is -2.10. The molecule has 5 rings (SSSR count). The minimum absolute atomic E-state index is 0.197. The Morgan fingerprint density at radius 2 is 1.58 bits per heavy atom. The fourth-order valence-electron chi connectivity index (χ4n) is 3.83. The Morgan fingerprint density at radius 1 is 0.871 bits per heavy atom. The number of para-hydroxylation sites is 2. The number of hydrogen-bond donors (Lipinski definition) is 1. The van der Waals surface area contributed by atoms with Gasteiger partial charge in [-0.1, -0.05) is 54.6 Å². The lowest BCUT2D eigenvalue weighted by molar-refractivity contribution is -0.113. The number of nitrogens with one attached hydrogen (secondary N) is 1. The monoisotopic (exact) mass is 411 g/mol. The maximum Gasteiger partial charge on any atom is 0.333 e. The molecule has 1 aliphatic rings. The highest BCUT2D eigenvalue weighted by atomic mass is 19.1. The van der Waals surface area contributed by atoms with Crippen LogP contribution < -0.4 is 10.2 Å². The number of rotatable bonds is 4. The van der Waals surface area contributed by atoms with Crippen molar-refractivity contribution in [2.45, 2.75) is 6.54 Å². The van der Waals surface area contributed by atoms with E-state index in [4.69, 9.17) is 0 Å². The largest absolute Gasteiger partial charge is 0.342 e. The van der Waals surface area contributed by atoms with Gasteiger partial charge in [0.05, 0.1) is 12.2 Å². The maximum atomic E-state index is 14.2. The predicted molar refractivity (Wildman–Crippen MR) is 118 cm³/mol. The number of benzene rings is 3. The number of nitrogens with zero attached hydrogens (tertiary/aromatic N) is 2. The molecule has 0 spiro atoms. The van der Waals surface area contributed by atoms with Crippen molar-refractivity contribution in [2.24, 2.45) is 0 Å². The first-order valence-corrected chi connectivity index (χ1v) is 9.85. The number of imide groups is 1. The Bertz CT molecular complexity index is 1340. The van der Waals surface area contributed by atoms with E-state index in [9.17, 15) is 14.0 Å². The molecule has 0 unspecified atom stereocenters. The second-order valence-electron chi connectivity index (χ2n) is 7.29. The summed E-state index contributed by atoms with van der Waals surface area (Å²) in [5, 5.41) is 3.57. The summed E-state index contributed by atoms with van der Waals surface area (Å²) in [6.07, 6.45) is 3.54. The van der Waals surface area contributed by atoms with E-state index >= 15 is 0 Å². The van der Waals surface area contributed by atoms with Crippen molar-refractivity contribution < 1.29 is 14.0 Å². The molecule has 0 saturated carbocycles. The Hall–Kier alpha value is -4.19. The van der Waals surface area contributed by atoms with Gasteiger partial charge in [0.2, 0.25) is 0 Å². The summed E-state index contributed by atoms with van der Waals surface area (Å²) in [5.41, 5.74) is 2.96. The van der Waals surface area contributed by atoms with Crippen LogP contribution in [0.5, 0.6) is 0 Å². The molecule has 2 heterocycles. The number of carbonyl (C=O) groups is 2. The van der Waals surface area contributed by atoms with Gasteiger partial charge in [-0.25, -0.2) is 14.1 Å². The molecular weight excluding hydrogens is 393 g/mol. The summed E-state index contributed by atoms with van der Waals surface area (Å²) in [6, 6.07) is 22.7. The molecule has 0 atom stereocenters. The van der Waals surface area contributed by atoms with Gasteiger partial charge >= 0.3 is 6.03 Å². The van der Waals surface area contributed by atoms with Gasteiger partial charge in [-0.2, -0.15) is 0 Å². The van der Waals surface area contributed by atoms with Gasteiger partial charge < -0.3 is 9.88 Å². The number of fused-ring (bicyclic) bond motifs is 1. The highest BCUT2D eigenvalue weighted by molar-refractivity contribution is 6.28. The third kappa shape index (κ3) is 3.38. The molecule has 5 nitrogen and oxygen atoms in total. The number of amides is 3. The average Bonchev–Trinajstić information content (AvgIpc) is 3.27. The zero-order chi connectivity index (χ0) is 21.4. The fourth-order valence-corrected chi connectivity index (χ4v) is 3.83. The van der Waals surface area contributed by atoms with E-state index < -0.39 is 11.9 Å². The van der Waals surface area contributed by atoms with Gasteiger partial charge in [-0.05, 0) is 30.3 Å². The fraction of sp³-hybridized carbons (Fsp3) is 0.0400. The molecule has 0 radical (unpaired) electrons. The first-order valence-electron chi connectivity index (χ1n) is 9.85. The first kappa shape index (κ1) is 18.8. The van der Waals surface area contributed by atoms with Crippen LogP contribution in [0.25, 0.3) is 17.0 Å². The van der Waals surface area contributed by atoms with Crippen molar-refractivity contribution in [1.29, 1.82) is 0 Å². The first-order chi connectivity index (χ1) is 15.1. The van der Waals surface area contributed by atoms with Gasteiger partial charge in [0.25, 0.3) is 5.91 Å². The Balaban J connectivity index is 1.54. The SMILES string of the molecule is O=C1N/C(=C/c2cn(Cc3ccccc3F)c3ccccc23)C(=O)N1c1ccccc1. The summed E-state index contributed by atoms with van der Waals surface area (Å²) >= 11 is 0. The Morgan fingerprint density at radius 3 is 2.39 bits per heavy atom. The van der Waals surface area contributed by atoms with Crippen LogP contribution in [0.2, 0.25) is 0 Å². The molecule has 0 bridgehead atoms. The molecule has 1 N–H and O–H groups in total. The number of urea groups is 1. The van der Waals surface area contributed by atoms with Crippen LogP contribution in [0, 0.1) is 5.82 Å². The van der Waals surface area contributed by atoms with Crippen LogP contribution in [-0.4, -0.2) is 16.5 Å². The van der Waals surface area contributed by atoms with Crippen molar-refractivity contribution in [3.05, 3.63) is 108 Å². The summed E-state index contributed by atoms with van der Waals surface area (Å²) in [7, 11) is 0. The minimum Gasteiger partial charge on any atom is -0.342 e. The van der Waals surface area contributed by atoms with Crippen LogP contribution in [0.3, 0.4) is 0 Å². The Labute approximate surface area is 178 Å². The smallest absolute Gasteiger partial charge is 0.333 e. The number of carbonyl (C=O) groups excluding carboxylic acids is 2. The molecular formula is C25H18FN3O2. The highest BCUT2D eigenvalue weighted by Crippen LogP contribution is 2.27. The zero-order valence-corrected chi connectivity index (χ0v) is 16.5. The van der Waals surface area contributed by atoms with Crippen LogP contribution in [0.4, 0.5) is 14.9 Å². The quantitative estimate of drug-likeness (QED) is 0.383. The van der Waals surface area contributed by atoms with E-state index in [1.54, 1.807) is 48.5 Å². The third-order valence-corrected chi connectivity index (χ3v) is 5.31. The van der Waals surface area contributed by atoms with E-state index in [1.165, 1.54) is 6.07 Å². The van der Waals surface area contributed by atoms with Crippen LogP contribution >= 0.6 is 0 Å². The van der Waals surface area contributed by atoms with E-state index in [1.807, 2.05) is 41.1 Å². The predicted octanol–water partition coefficient (Wildman–Crippen LogP) is 4.93. The maximum absolute atomic E-state index is 14.2. The summed E-state index contributed by atoms with van der Waals surface area (Å²) in [6.45, 7) is 0.354. The van der Waals surface area contributed by atoms with Crippen molar-refractivity contribution in [1.82, 2.24) is 9.88 Å². The van der Waals surface area contributed by atoms with Gasteiger partial charge in [0.1, 0.15) is 11.5 Å². The van der Waals surface area contributed by atoms with Crippen LogP contribution in [0.15, 0.2) is 90.8 Å². The minimum atomic E-state index is -0.488. The number of anilines is 1. The van der Waals surface area contributed by atoms with E-state index in [2.05, 4.69) is 5.32 Å². The lowest BCUT2D eigenvalue weighted by atomic mass is 10.1. The molecule has 3 aromatic carbocycles. The van der Waals surface area contributed by atoms with E-state index in [-0.39, 0.29) is 11.5 Å². The normalized spacial score (nSPS) is 15.1. The van der Waals surface area contributed by atoms with Crippen molar-refractivity contribution in [3.8, 4) is 0 Å². The summed E-state index contributed by atoms with van der Waals surface area (Å²) in [4.78, 5) is 26.5. The topological polar surface area (TPSA) is 54.3 Å². The standard InChI is InChI=1S/C25H18FN3O2/c26-21-12-6-4-8-17(21)15-28-16-18(20-11-5-7-13-23(20)28)14-22-24(30)29(25(31)27-22)19-9-2-1-3-10-19/h1-14,16H,15H2,(H,27,31)/b22-14+. The van der Waals surface area contributed by atoms with Gasteiger partial charge in [-0.15, -0.1) is 0 Å². The van der Waals surface area contributed by atoms with Crippen LogP contribution in [-0.2, 0) is 11.3 Å². The lowest BCUT2D eigenvalue weighted by Crippen LogP contribution is -2.30. The van der Waals surface area contributed by atoms with Gasteiger partial charge in [0.15, 0.2) is 0 Å². The third-order valence-electron chi connectivity index (χ3n) is 5.31. The van der Waals surface area contributed by atoms with Crippen LogP contribution in [0.1, 0.15) is 11.1 Å². The summed E-state index contributed by atoms with van der Waals surface area (Å²) < 4.78 is 16.1. The number of hydrogen-bond acceptors (Lipinski definition) is 2. The number of aromatic nitrogens is 1. The van der Waals surface area contributed by atoms with Gasteiger partial charge in [-0.3, -0.25) is 4.79 Å². The molecule has 4 aromatic rings. The van der Waals surface area contributed by atoms with E-state index in [0.29, 0.717) is 17.8 Å². The van der Waals surface area contributed by atoms with Gasteiger partial charge in [0, 0.05) is 28.2 Å². The van der Waals surface area contributed by atoms with Crippen molar-refractivity contribution in [3.63, 3.8) is 0 Å². The molecule has 6 heteroatoms. The molecule has 1 saturated heterocycles. The zero-order valence-electron chi connectivity index (χ0n) is 16.5. The molecule has 1 aromatic heterocycles. The second-order valence-corrected chi connectivity index (χ2v) is 7.29. The molecule has 152 valence electrons. The highest BCUT2D eigenvalue weighted by Gasteiger charge is 2.34. The number of halogens is 1. The Kier molecular flexibility index (Phi) is 4.59. The van der Waals surface area contributed by atoms with E-state index in [0.717, 1.165) is 21.4 Å². The summed E-state index contributed by atoms with van der Waals surface area (Å²) in [5.74, 6) is -0.681. The molecule has 1 fully saturated rings. The average molecular weight is 411 g/mol. The molecule has 31 heavy (non-hydrogen) atoms. The second kappa shape index (κ2) is 7.57. The molecule has 1 aliphatic heterocycles. The van der Waals surface area contributed by atoms with Crippen molar-refractivity contribution in [2.75, 3.05) is 4.90 Å². The van der Waals surface area contributed by atoms with Crippen molar-refractivity contribution >= 4 is 34.6 Å².